The number of hydrogen-bond donors (Lipinski definition) is 1. The van der Waals surface area contributed by atoms with Crippen molar-refractivity contribution in [1.82, 2.24) is 9.97 Å². The largest absolute Gasteiger partial charge is 0.373 e. The average Bonchev–Trinajstić information content (AvgIpc) is 2.15. The second kappa shape index (κ2) is 6.07. The van der Waals surface area contributed by atoms with Crippen LogP contribution in [0.4, 0.5) is 0 Å². The smallest absolute Gasteiger partial charge is 0.157 e. The molecule has 0 radical (unpaired) electrons. The highest BCUT2D eigenvalue weighted by Gasteiger charge is 2.19. The Kier molecular flexibility index (Phi) is 5.02. The minimum absolute atomic E-state index is 0.0540. The maximum Gasteiger partial charge on any atom is 0.157 e. The molecule has 4 heteroatoms. The van der Waals surface area contributed by atoms with Crippen molar-refractivity contribution in [3.05, 3.63) is 23.3 Å². The molecule has 0 aliphatic carbocycles. The molecule has 0 saturated heterocycles. The van der Waals surface area contributed by atoms with Gasteiger partial charge in [-0.1, -0.05) is 13.8 Å². The summed E-state index contributed by atoms with van der Waals surface area (Å²) in [7, 11) is 1.70. The number of aryl methyl sites for hydroxylation is 1. The van der Waals surface area contributed by atoms with Crippen molar-refractivity contribution >= 4 is 0 Å². The highest BCUT2D eigenvalue weighted by Crippen LogP contribution is 2.22. The van der Waals surface area contributed by atoms with Gasteiger partial charge >= 0.3 is 0 Å². The van der Waals surface area contributed by atoms with Gasteiger partial charge in [-0.2, -0.15) is 0 Å². The van der Waals surface area contributed by atoms with E-state index in [1.165, 1.54) is 0 Å². The fraction of sp³-hybridized carbons (Fsp3) is 0.692. The van der Waals surface area contributed by atoms with Crippen molar-refractivity contribution in [1.29, 1.82) is 0 Å². The summed E-state index contributed by atoms with van der Waals surface area (Å²) in [6, 6.07) is 2.09. The molecule has 0 fully saturated rings. The van der Waals surface area contributed by atoms with Crippen LogP contribution in [0.5, 0.6) is 0 Å². The summed E-state index contributed by atoms with van der Waals surface area (Å²) in [6.07, 6.45) is 0.715. The second-order valence-corrected chi connectivity index (χ2v) is 4.94. The molecule has 2 atom stereocenters. The van der Waals surface area contributed by atoms with Crippen LogP contribution in [0.3, 0.4) is 0 Å². The molecule has 1 aromatic heterocycles. The van der Waals surface area contributed by atoms with E-state index in [4.69, 9.17) is 10.5 Å². The minimum Gasteiger partial charge on any atom is -0.373 e. The highest BCUT2D eigenvalue weighted by atomic mass is 16.5. The predicted molar refractivity (Wildman–Crippen MR) is 68.7 cm³/mol. The molecule has 0 saturated carbocycles. The monoisotopic (exact) mass is 237 g/mol. The molecule has 1 heterocycles. The summed E-state index contributed by atoms with van der Waals surface area (Å²) >= 11 is 0. The van der Waals surface area contributed by atoms with Crippen LogP contribution in [0, 0.1) is 12.8 Å². The molecule has 0 aliphatic heterocycles. The first-order valence-corrected chi connectivity index (χ1v) is 6.06. The lowest BCUT2D eigenvalue weighted by Gasteiger charge is -2.19. The van der Waals surface area contributed by atoms with E-state index in [0.29, 0.717) is 5.92 Å². The first-order valence-electron chi connectivity index (χ1n) is 6.06. The van der Waals surface area contributed by atoms with Crippen LogP contribution in [-0.2, 0) is 11.2 Å². The Balaban J connectivity index is 3.03. The summed E-state index contributed by atoms with van der Waals surface area (Å²) in [4.78, 5) is 9.01. The lowest BCUT2D eigenvalue weighted by molar-refractivity contribution is 0.0571. The number of rotatable bonds is 5. The second-order valence-electron chi connectivity index (χ2n) is 4.94. The average molecular weight is 237 g/mol. The van der Waals surface area contributed by atoms with Crippen LogP contribution in [0.2, 0.25) is 0 Å². The third-order valence-electron chi connectivity index (χ3n) is 2.57. The van der Waals surface area contributed by atoms with Crippen molar-refractivity contribution in [2.75, 3.05) is 7.11 Å². The van der Waals surface area contributed by atoms with E-state index < -0.39 is 0 Å². The zero-order valence-corrected chi connectivity index (χ0v) is 11.4. The van der Waals surface area contributed by atoms with Gasteiger partial charge in [0.1, 0.15) is 6.10 Å². The topological polar surface area (TPSA) is 61.0 Å². The van der Waals surface area contributed by atoms with E-state index in [0.717, 1.165) is 23.6 Å². The van der Waals surface area contributed by atoms with Crippen LogP contribution in [0.25, 0.3) is 0 Å². The molecule has 0 amide bonds. The van der Waals surface area contributed by atoms with E-state index in [1.54, 1.807) is 7.11 Å². The third-order valence-corrected chi connectivity index (χ3v) is 2.57. The molecule has 2 unspecified atom stereocenters. The SMILES string of the molecule is COC(c1nc(C)cc(CC(C)N)n1)C(C)C. The molecule has 0 spiro atoms. The molecule has 4 nitrogen and oxygen atoms in total. The molecule has 2 N–H and O–H groups in total. The fourth-order valence-corrected chi connectivity index (χ4v) is 1.90. The molecular weight excluding hydrogens is 214 g/mol. The Morgan fingerprint density at radius 2 is 1.94 bits per heavy atom. The number of nitrogens with zero attached hydrogens (tertiary/aromatic N) is 2. The van der Waals surface area contributed by atoms with Gasteiger partial charge in [-0.3, -0.25) is 0 Å². The van der Waals surface area contributed by atoms with Crippen LogP contribution in [0.15, 0.2) is 6.07 Å². The fourth-order valence-electron chi connectivity index (χ4n) is 1.90. The standard InChI is InChI=1S/C13H23N3O/c1-8(2)12(17-5)13-15-10(4)7-11(16-13)6-9(3)14/h7-9,12H,6,14H2,1-5H3. The third kappa shape index (κ3) is 4.06. The van der Waals surface area contributed by atoms with Crippen molar-refractivity contribution in [2.45, 2.75) is 46.3 Å². The molecule has 0 bridgehead atoms. The van der Waals surface area contributed by atoms with Crippen LogP contribution < -0.4 is 5.73 Å². The van der Waals surface area contributed by atoms with Gasteiger partial charge < -0.3 is 10.5 Å². The van der Waals surface area contributed by atoms with E-state index >= 15 is 0 Å². The summed E-state index contributed by atoms with van der Waals surface area (Å²) in [5, 5.41) is 0. The summed E-state index contributed by atoms with van der Waals surface area (Å²) in [5.74, 6) is 1.11. The molecule has 17 heavy (non-hydrogen) atoms. The lowest BCUT2D eigenvalue weighted by atomic mass is 10.1. The molecule has 0 aromatic carbocycles. The van der Waals surface area contributed by atoms with Crippen molar-refractivity contribution < 1.29 is 4.74 Å². The maximum atomic E-state index is 5.80. The van der Waals surface area contributed by atoms with Gasteiger partial charge in [-0.15, -0.1) is 0 Å². The number of methoxy groups -OCH3 is 1. The Bertz CT molecular complexity index is 364. The number of hydrogen-bond acceptors (Lipinski definition) is 4. The van der Waals surface area contributed by atoms with Crippen molar-refractivity contribution in [3.8, 4) is 0 Å². The van der Waals surface area contributed by atoms with E-state index in [-0.39, 0.29) is 12.1 Å². The van der Waals surface area contributed by atoms with Crippen LogP contribution in [0.1, 0.15) is 44.1 Å². The summed E-state index contributed by atoms with van der Waals surface area (Å²) in [6.45, 7) is 8.16. The highest BCUT2D eigenvalue weighted by molar-refractivity contribution is 5.12. The van der Waals surface area contributed by atoms with Gasteiger partial charge in [0, 0.05) is 31.0 Å². The molecule has 0 aliphatic rings. The van der Waals surface area contributed by atoms with Crippen molar-refractivity contribution in [3.63, 3.8) is 0 Å². The Hall–Kier alpha value is -1.00. The van der Waals surface area contributed by atoms with Gasteiger partial charge in [0.15, 0.2) is 5.82 Å². The number of nitrogens with two attached hydrogens (primary N) is 1. The van der Waals surface area contributed by atoms with E-state index in [1.807, 2.05) is 19.9 Å². The molecule has 96 valence electrons. The van der Waals surface area contributed by atoms with Gasteiger partial charge in [0.2, 0.25) is 0 Å². The molecular formula is C13H23N3O. The van der Waals surface area contributed by atoms with Gasteiger partial charge in [-0.05, 0) is 25.8 Å². The normalized spacial score (nSPS) is 15.0. The molecule has 1 aromatic rings. The minimum atomic E-state index is -0.0540. The van der Waals surface area contributed by atoms with Crippen LogP contribution in [-0.4, -0.2) is 23.1 Å². The Labute approximate surface area is 104 Å². The zero-order chi connectivity index (χ0) is 13.0. The van der Waals surface area contributed by atoms with Gasteiger partial charge in [0.25, 0.3) is 0 Å². The van der Waals surface area contributed by atoms with Crippen molar-refractivity contribution in [2.24, 2.45) is 11.7 Å². The maximum absolute atomic E-state index is 5.80. The van der Waals surface area contributed by atoms with E-state index in [2.05, 4.69) is 23.8 Å². The number of ether oxygens (including phenoxy) is 1. The van der Waals surface area contributed by atoms with Crippen LogP contribution >= 0.6 is 0 Å². The molecule has 1 rings (SSSR count). The lowest BCUT2D eigenvalue weighted by Crippen LogP contribution is -2.20. The zero-order valence-electron chi connectivity index (χ0n) is 11.4. The van der Waals surface area contributed by atoms with E-state index in [9.17, 15) is 0 Å². The predicted octanol–water partition coefficient (Wildman–Crippen LogP) is 2.02. The quantitative estimate of drug-likeness (QED) is 0.851. The van der Waals surface area contributed by atoms with Gasteiger partial charge in [0.05, 0.1) is 0 Å². The Morgan fingerprint density at radius 1 is 1.29 bits per heavy atom. The summed E-state index contributed by atoms with van der Waals surface area (Å²) < 4.78 is 5.46. The first-order chi connectivity index (χ1) is 7.93. The van der Waals surface area contributed by atoms with Gasteiger partial charge in [-0.25, -0.2) is 9.97 Å². The number of aromatic nitrogens is 2. The first kappa shape index (κ1) is 14.1. The summed E-state index contributed by atoms with van der Waals surface area (Å²) in [5.41, 5.74) is 7.76. The Morgan fingerprint density at radius 3 is 2.41 bits per heavy atom.